The Morgan fingerprint density at radius 1 is 1.03 bits per heavy atom. The van der Waals surface area contributed by atoms with E-state index in [9.17, 15) is 4.79 Å². The van der Waals surface area contributed by atoms with E-state index in [-0.39, 0.29) is 6.03 Å². The highest BCUT2D eigenvalue weighted by molar-refractivity contribution is 6.32. The van der Waals surface area contributed by atoms with Gasteiger partial charge in [0.25, 0.3) is 0 Å². The monoisotopic (exact) mass is 461 g/mol. The van der Waals surface area contributed by atoms with Crippen molar-refractivity contribution in [1.82, 2.24) is 9.80 Å². The number of rotatable bonds is 9. The van der Waals surface area contributed by atoms with Gasteiger partial charge in [0.1, 0.15) is 17.2 Å². The smallest absolute Gasteiger partial charge is 0.322 e. The van der Waals surface area contributed by atoms with Crippen LogP contribution >= 0.6 is 11.6 Å². The van der Waals surface area contributed by atoms with Crippen LogP contribution in [-0.2, 0) is 6.54 Å². The second-order valence-corrected chi connectivity index (χ2v) is 8.13. The predicted molar refractivity (Wildman–Crippen MR) is 127 cm³/mol. The van der Waals surface area contributed by atoms with Crippen molar-refractivity contribution < 1.29 is 19.0 Å². The first kappa shape index (κ1) is 24.0. The molecule has 1 heterocycles. The zero-order valence-corrected chi connectivity index (χ0v) is 19.8. The topological polar surface area (TPSA) is 63.3 Å². The van der Waals surface area contributed by atoms with E-state index < -0.39 is 0 Å². The average molecular weight is 462 g/mol. The van der Waals surface area contributed by atoms with Gasteiger partial charge < -0.3 is 24.4 Å². The van der Waals surface area contributed by atoms with Crippen LogP contribution in [0.3, 0.4) is 0 Å². The van der Waals surface area contributed by atoms with Gasteiger partial charge in [-0.15, -0.1) is 0 Å². The minimum atomic E-state index is -0.169. The molecule has 2 aromatic rings. The van der Waals surface area contributed by atoms with Crippen LogP contribution in [0.1, 0.15) is 25.3 Å². The number of carbonyl (C=O) groups is 1. The van der Waals surface area contributed by atoms with Crippen LogP contribution in [0.2, 0.25) is 5.02 Å². The largest absolute Gasteiger partial charge is 0.495 e. The van der Waals surface area contributed by atoms with Crippen LogP contribution in [0.15, 0.2) is 36.4 Å². The Morgan fingerprint density at radius 2 is 1.72 bits per heavy atom. The third-order valence-corrected chi connectivity index (χ3v) is 5.77. The number of piperazine rings is 1. The Kier molecular flexibility index (Phi) is 8.88. The lowest BCUT2D eigenvalue weighted by Gasteiger charge is -2.34. The number of benzene rings is 2. The number of hydrogen-bond acceptors (Lipinski definition) is 5. The van der Waals surface area contributed by atoms with Gasteiger partial charge in [-0.1, -0.05) is 37.1 Å². The Hall–Kier alpha value is -2.64. The van der Waals surface area contributed by atoms with E-state index in [0.717, 1.165) is 44.8 Å². The molecule has 3 rings (SSSR count). The number of ether oxygens (including phenoxy) is 3. The Morgan fingerprint density at radius 3 is 2.34 bits per heavy atom. The lowest BCUT2D eigenvalue weighted by atomic mass is 10.2. The molecule has 0 spiro atoms. The summed E-state index contributed by atoms with van der Waals surface area (Å²) in [6.07, 6.45) is 2.20. The van der Waals surface area contributed by atoms with Crippen molar-refractivity contribution in [1.29, 1.82) is 0 Å². The molecule has 1 aliphatic heterocycles. The minimum absolute atomic E-state index is 0.169. The van der Waals surface area contributed by atoms with E-state index in [1.807, 2.05) is 12.1 Å². The summed E-state index contributed by atoms with van der Waals surface area (Å²) in [6, 6.07) is 11.4. The fourth-order valence-electron chi connectivity index (χ4n) is 3.54. The van der Waals surface area contributed by atoms with Crippen LogP contribution in [0, 0.1) is 0 Å². The van der Waals surface area contributed by atoms with Gasteiger partial charge in [0.05, 0.1) is 31.5 Å². The number of urea groups is 1. The van der Waals surface area contributed by atoms with Gasteiger partial charge in [-0.25, -0.2) is 4.79 Å². The highest BCUT2D eigenvalue weighted by atomic mass is 35.5. The molecule has 2 amide bonds. The van der Waals surface area contributed by atoms with Crippen LogP contribution in [0.25, 0.3) is 0 Å². The summed E-state index contributed by atoms with van der Waals surface area (Å²) in [4.78, 5) is 16.9. The highest BCUT2D eigenvalue weighted by Crippen LogP contribution is 2.36. The summed E-state index contributed by atoms with van der Waals surface area (Å²) >= 11 is 6.21. The molecular weight excluding hydrogens is 430 g/mol. The molecule has 1 aliphatic rings. The van der Waals surface area contributed by atoms with Gasteiger partial charge in [-0.05, 0) is 30.2 Å². The van der Waals surface area contributed by atoms with Gasteiger partial charge in [-0.3, -0.25) is 4.90 Å². The number of anilines is 1. The number of amides is 2. The number of unbranched alkanes of at least 4 members (excludes halogenated alkanes) is 1. The molecule has 32 heavy (non-hydrogen) atoms. The molecular formula is C24H32ClN3O4. The van der Waals surface area contributed by atoms with Crippen LogP contribution in [-0.4, -0.2) is 62.8 Å². The molecule has 1 N–H and O–H groups in total. The SMILES string of the molecule is CCCCOc1ccc(CN2CCN(C(=O)Nc3cc(Cl)c(OC)cc3OC)CC2)cc1. The third-order valence-electron chi connectivity index (χ3n) is 5.47. The van der Waals surface area contributed by atoms with Gasteiger partial charge >= 0.3 is 6.03 Å². The number of nitrogens with zero attached hydrogens (tertiary/aromatic N) is 2. The molecule has 1 fully saturated rings. The van der Waals surface area contributed by atoms with Gasteiger partial charge in [0.2, 0.25) is 0 Å². The normalized spacial score (nSPS) is 14.2. The van der Waals surface area contributed by atoms with E-state index >= 15 is 0 Å². The maximum absolute atomic E-state index is 12.8. The summed E-state index contributed by atoms with van der Waals surface area (Å²) in [5, 5.41) is 3.32. The average Bonchev–Trinajstić information content (AvgIpc) is 2.81. The summed E-state index contributed by atoms with van der Waals surface area (Å²) < 4.78 is 16.3. The highest BCUT2D eigenvalue weighted by Gasteiger charge is 2.22. The third kappa shape index (κ3) is 6.43. The Labute approximate surface area is 195 Å². The molecule has 8 heteroatoms. The van der Waals surface area contributed by atoms with Crippen molar-refractivity contribution in [2.45, 2.75) is 26.3 Å². The quantitative estimate of drug-likeness (QED) is 0.539. The first-order chi connectivity index (χ1) is 15.5. The van der Waals surface area contributed by atoms with Crippen LogP contribution < -0.4 is 19.5 Å². The molecule has 0 unspecified atom stereocenters. The van der Waals surface area contributed by atoms with Crippen molar-refractivity contribution in [3.8, 4) is 17.2 Å². The second kappa shape index (κ2) is 11.8. The molecule has 0 radical (unpaired) electrons. The number of nitrogens with one attached hydrogen (secondary N) is 1. The van der Waals surface area contributed by atoms with E-state index in [2.05, 4.69) is 29.3 Å². The van der Waals surface area contributed by atoms with Crippen molar-refractivity contribution in [2.75, 3.05) is 52.3 Å². The van der Waals surface area contributed by atoms with Gasteiger partial charge in [0.15, 0.2) is 0 Å². The fourth-order valence-corrected chi connectivity index (χ4v) is 3.79. The molecule has 0 aromatic heterocycles. The molecule has 0 saturated carbocycles. The van der Waals surface area contributed by atoms with E-state index in [1.165, 1.54) is 12.7 Å². The van der Waals surface area contributed by atoms with Crippen LogP contribution in [0.4, 0.5) is 10.5 Å². The maximum Gasteiger partial charge on any atom is 0.322 e. The van der Waals surface area contributed by atoms with Gasteiger partial charge in [-0.2, -0.15) is 0 Å². The van der Waals surface area contributed by atoms with Crippen molar-refractivity contribution >= 4 is 23.3 Å². The molecule has 0 atom stereocenters. The zero-order valence-electron chi connectivity index (χ0n) is 19.0. The van der Waals surface area contributed by atoms with E-state index in [1.54, 1.807) is 24.1 Å². The summed E-state index contributed by atoms with van der Waals surface area (Å²) in [5.41, 5.74) is 1.76. The fraction of sp³-hybridized carbons (Fsp3) is 0.458. The standard InChI is InChI=1S/C24H32ClN3O4/c1-4-5-14-32-19-8-6-18(7-9-19)17-27-10-12-28(13-11-27)24(29)26-21-15-20(25)22(30-2)16-23(21)31-3/h6-9,15-16H,4-5,10-14,17H2,1-3H3,(H,26,29). The molecule has 0 aliphatic carbocycles. The van der Waals surface area contributed by atoms with Crippen LogP contribution in [0.5, 0.6) is 17.2 Å². The summed E-state index contributed by atoms with van der Waals surface area (Å²) in [7, 11) is 3.08. The number of methoxy groups -OCH3 is 2. The summed E-state index contributed by atoms with van der Waals surface area (Å²) in [6.45, 7) is 6.68. The van der Waals surface area contributed by atoms with Crippen molar-refractivity contribution in [3.63, 3.8) is 0 Å². The first-order valence-electron chi connectivity index (χ1n) is 11.0. The lowest BCUT2D eigenvalue weighted by Crippen LogP contribution is -2.49. The maximum atomic E-state index is 12.8. The Balaban J connectivity index is 1.49. The van der Waals surface area contributed by atoms with Crippen molar-refractivity contribution in [2.24, 2.45) is 0 Å². The summed E-state index contributed by atoms with van der Waals surface area (Å²) in [5.74, 6) is 1.91. The van der Waals surface area contributed by atoms with E-state index in [0.29, 0.717) is 35.3 Å². The molecule has 7 nitrogen and oxygen atoms in total. The molecule has 2 aromatic carbocycles. The molecule has 1 saturated heterocycles. The zero-order chi connectivity index (χ0) is 22.9. The lowest BCUT2D eigenvalue weighted by molar-refractivity contribution is 0.143. The van der Waals surface area contributed by atoms with Gasteiger partial charge in [0, 0.05) is 38.8 Å². The second-order valence-electron chi connectivity index (χ2n) is 7.73. The predicted octanol–water partition coefficient (Wildman–Crippen LogP) is 4.89. The number of carbonyl (C=O) groups excluding carboxylic acids is 1. The first-order valence-corrected chi connectivity index (χ1v) is 11.3. The molecule has 174 valence electrons. The minimum Gasteiger partial charge on any atom is -0.495 e. The molecule has 0 bridgehead atoms. The Bertz CT molecular complexity index is 884. The number of hydrogen-bond donors (Lipinski definition) is 1. The number of halogens is 1. The van der Waals surface area contributed by atoms with Crippen molar-refractivity contribution in [3.05, 3.63) is 47.0 Å². The van der Waals surface area contributed by atoms with E-state index in [4.69, 9.17) is 25.8 Å².